The number of fused-ring (bicyclic) bond motifs is 1. The van der Waals surface area contributed by atoms with E-state index in [9.17, 15) is 0 Å². The normalized spacial score (nSPS) is 22.1. The van der Waals surface area contributed by atoms with Gasteiger partial charge in [-0.25, -0.2) is 0 Å². The second-order valence-corrected chi connectivity index (χ2v) is 5.67. The van der Waals surface area contributed by atoms with Crippen LogP contribution in [0.4, 0.5) is 0 Å². The third-order valence-corrected chi connectivity index (χ3v) is 3.53. The summed E-state index contributed by atoms with van der Waals surface area (Å²) < 4.78 is 0. The van der Waals surface area contributed by atoms with Gasteiger partial charge >= 0.3 is 0 Å². The molecule has 1 N–H and O–H groups in total. The Morgan fingerprint density at radius 1 is 1.38 bits per heavy atom. The Bertz CT molecular complexity index is 348. The van der Waals surface area contributed by atoms with E-state index in [4.69, 9.17) is 11.6 Å². The van der Waals surface area contributed by atoms with E-state index in [-0.39, 0.29) is 5.38 Å². The quantitative estimate of drug-likeness (QED) is 0.775. The summed E-state index contributed by atoms with van der Waals surface area (Å²) in [6.07, 6.45) is 2.27. The van der Waals surface area contributed by atoms with Crippen molar-refractivity contribution in [3.8, 4) is 0 Å². The summed E-state index contributed by atoms with van der Waals surface area (Å²) in [7, 11) is 0. The zero-order chi connectivity index (χ0) is 11.5. The monoisotopic (exact) mass is 237 g/mol. The van der Waals surface area contributed by atoms with Crippen molar-refractivity contribution in [1.82, 2.24) is 5.32 Å². The van der Waals surface area contributed by atoms with E-state index < -0.39 is 0 Å². The molecule has 0 spiro atoms. The summed E-state index contributed by atoms with van der Waals surface area (Å²) >= 11 is 5.98. The highest BCUT2D eigenvalue weighted by Crippen LogP contribution is 2.34. The lowest BCUT2D eigenvalue weighted by Gasteiger charge is -2.31. The smallest absolute Gasteiger partial charge is 0.0322 e. The van der Waals surface area contributed by atoms with Gasteiger partial charge in [0, 0.05) is 23.9 Å². The Balaban J connectivity index is 1.77. The van der Waals surface area contributed by atoms with Gasteiger partial charge in [-0.3, -0.25) is 0 Å². The predicted octanol–water partition coefficient (Wildman–Crippen LogP) is 3.32. The molecule has 0 aliphatic heterocycles. The second-order valence-electron chi connectivity index (χ2n) is 4.93. The zero-order valence-corrected chi connectivity index (χ0v) is 10.8. The van der Waals surface area contributed by atoms with E-state index in [1.807, 2.05) is 0 Å². The van der Waals surface area contributed by atoms with E-state index in [1.165, 1.54) is 17.5 Å². The lowest BCUT2D eigenvalue weighted by Crippen LogP contribution is -2.35. The molecule has 1 nitrogen and oxygen atoms in total. The zero-order valence-electron chi connectivity index (χ0n) is 10.0. The Kier molecular flexibility index (Phi) is 3.88. The van der Waals surface area contributed by atoms with Crippen LogP contribution in [0.25, 0.3) is 0 Å². The first-order valence-corrected chi connectivity index (χ1v) is 6.55. The van der Waals surface area contributed by atoms with Crippen molar-refractivity contribution in [1.29, 1.82) is 0 Å². The molecule has 0 saturated heterocycles. The predicted molar refractivity (Wildman–Crippen MR) is 70.3 cm³/mol. The van der Waals surface area contributed by atoms with Crippen LogP contribution in [0.2, 0.25) is 0 Å². The molecular formula is C14H20ClN. The Morgan fingerprint density at radius 2 is 2.12 bits per heavy atom. The summed E-state index contributed by atoms with van der Waals surface area (Å²) in [6.45, 7) is 5.35. The topological polar surface area (TPSA) is 12.0 Å². The average Bonchev–Trinajstić information content (AvgIpc) is 2.18. The van der Waals surface area contributed by atoms with Gasteiger partial charge in [0.15, 0.2) is 0 Å². The van der Waals surface area contributed by atoms with Crippen molar-refractivity contribution in [2.75, 3.05) is 6.54 Å². The molecule has 16 heavy (non-hydrogen) atoms. The highest BCUT2D eigenvalue weighted by molar-refractivity contribution is 6.20. The molecule has 3 atom stereocenters. The van der Waals surface area contributed by atoms with Crippen LogP contribution in [0.15, 0.2) is 24.3 Å². The first kappa shape index (κ1) is 11.9. The van der Waals surface area contributed by atoms with Crippen LogP contribution in [0, 0.1) is 0 Å². The van der Waals surface area contributed by atoms with Crippen molar-refractivity contribution in [2.24, 2.45) is 0 Å². The molecule has 2 rings (SSSR count). The number of nitrogens with one attached hydrogen (secondary N) is 1. The van der Waals surface area contributed by atoms with Gasteiger partial charge in [-0.15, -0.1) is 11.6 Å². The van der Waals surface area contributed by atoms with Crippen LogP contribution >= 0.6 is 11.6 Å². The molecule has 1 aromatic carbocycles. The largest absolute Gasteiger partial charge is 0.314 e. The molecular weight excluding hydrogens is 218 g/mol. The maximum atomic E-state index is 5.98. The van der Waals surface area contributed by atoms with Gasteiger partial charge in [0.05, 0.1) is 0 Å². The molecule has 0 amide bonds. The molecule has 3 unspecified atom stereocenters. The molecule has 2 heteroatoms. The molecule has 0 heterocycles. The molecule has 88 valence electrons. The number of alkyl halides is 1. The molecule has 0 bridgehead atoms. The van der Waals surface area contributed by atoms with Crippen LogP contribution in [-0.2, 0) is 6.42 Å². The van der Waals surface area contributed by atoms with Crippen LogP contribution < -0.4 is 5.32 Å². The first-order valence-electron chi connectivity index (χ1n) is 6.12. The SMILES string of the molecule is CC(Cl)CC(C)NCC1Cc2ccccc21. The fourth-order valence-electron chi connectivity index (χ4n) is 2.46. The standard InChI is InChI=1S/C14H20ClN/c1-10(15)7-11(2)16-9-13-8-12-5-3-4-6-14(12)13/h3-6,10-11,13,16H,7-9H2,1-2H3. The number of benzene rings is 1. The number of hydrogen-bond donors (Lipinski definition) is 1. The molecule has 0 saturated carbocycles. The van der Waals surface area contributed by atoms with Gasteiger partial charge in [-0.05, 0) is 37.8 Å². The van der Waals surface area contributed by atoms with E-state index >= 15 is 0 Å². The van der Waals surface area contributed by atoms with Crippen molar-refractivity contribution < 1.29 is 0 Å². The van der Waals surface area contributed by atoms with Gasteiger partial charge in [0.25, 0.3) is 0 Å². The molecule has 1 aliphatic rings. The Hall–Kier alpha value is -0.530. The summed E-state index contributed by atoms with van der Waals surface area (Å²) in [5.41, 5.74) is 3.05. The van der Waals surface area contributed by atoms with E-state index in [2.05, 4.69) is 43.4 Å². The second kappa shape index (κ2) is 5.20. The van der Waals surface area contributed by atoms with Crippen LogP contribution in [0.5, 0.6) is 0 Å². The van der Waals surface area contributed by atoms with Gasteiger partial charge in [0.2, 0.25) is 0 Å². The summed E-state index contributed by atoms with van der Waals surface area (Å²) in [4.78, 5) is 0. The van der Waals surface area contributed by atoms with Crippen LogP contribution in [-0.4, -0.2) is 18.0 Å². The summed E-state index contributed by atoms with van der Waals surface area (Å²) in [5, 5.41) is 3.83. The first-order chi connectivity index (χ1) is 7.66. The van der Waals surface area contributed by atoms with Gasteiger partial charge in [-0.2, -0.15) is 0 Å². The highest BCUT2D eigenvalue weighted by atomic mass is 35.5. The average molecular weight is 238 g/mol. The van der Waals surface area contributed by atoms with Gasteiger partial charge in [0.1, 0.15) is 0 Å². The Labute approximate surface area is 103 Å². The van der Waals surface area contributed by atoms with E-state index in [1.54, 1.807) is 0 Å². The van der Waals surface area contributed by atoms with Gasteiger partial charge in [-0.1, -0.05) is 24.3 Å². The van der Waals surface area contributed by atoms with Gasteiger partial charge < -0.3 is 5.32 Å². The molecule has 1 aromatic rings. The fraction of sp³-hybridized carbons (Fsp3) is 0.571. The van der Waals surface area contributed by atoms with Crippen molar-refractivity contribution in [3.63, 3.8) is 0 Å². The lowest BCUT2D eigenvalue weighted by molar-refractivity contribution is 0.459. The fourth-order valence-corrected chi connectivity index (χ4v) is 2.73. The molecule has 0 radical (unpaired) electrons. The van der Waals surface area contributed by atoms with Crippen molar-refractivity contribution in [2.45, 2.75) is 44.0 Å². The Morgan fingerprint density at radius 3 is 2.81 bits per heavy atom. The van der Waals surface area contributed by atoms with Crippen molar-refractivity contribution in [3.05, 3.63) is 35.4 Å². The van der Waals surface area contributed by atoms with E-state index in [0.717, 1.165) is 13.0 Å². The molecule has 0 fully saturated rings. The number of hydrogen-bond acceptors (Lipinski definition) is 1. The van der Waals surface area contributed by atoms with Crippen LogP contribution in [0.3, 0.4) is 0 Å². The lowest BCUT2D eigenvalue weighted by atomic mass is 9.77. The molecule has 0 aromatic heterocycles. The summed E-state index contributed by atoms with van der Waals surface area (Å²) in [5.74, 6) is 0.712. The summed E-state index contributed by atoms with van der Waals surface area (Å²) in [6, 6.07) is 9.26. The number of halogens is 1. The third-order valence-electron chi connectivity index (χ3n) is 3.35. The highest BCUT2D eigenvalue weighted by Gasteiger charge is 2.25. The molecule has 1 aliphatic carbocycles. The maximum Gasteiger partial charge on any atom is 0.0322 e. The number of rotatable bonds is 5. The minimum Gasteiger partial charge on any atom is -0.314 e. The van der Waals surface area contributed by atoms with Crippen molar-refractivity contribution >= 4 is 11.6 Å². The maximum absolute atomic E-state index is 5.98. The van der Waals surface area contributed by atoms with E-state index in [0.29, 0.717) is 12.0 Å². The minimum atomic E-state index is 0.260. The van der Waals surface area contributed by atoms with Crippen LogP contribution in [0.1, 0.15) is 37.3 Å². The third kappa shape index (κ3) is 2.78. The minimum absolute atomic E-state index is 0.260.